The molecule has 0 radical (unpaired) electrons. The Kier molecular flexibility index (Phi) is 6.88. The number of rotatable bonds is 6. The van der Waals surface area contributed by atoms with Gasteiger partial charge in [-0.15, -0.1) is 11.3 Å². The Balaban J connectivity index is 1.61. The first-order valence-corrected chi connectivity index (χ1v) is 13.4. The lowest BCUT2D eigenvalue weighted by molar-refractivity contribution is 0.0526. The van der Waals surface area contributed by atoms with Crippen LogP contribution >= 0.6 is 11.3 Å². The summed E-state index contributed by atoms with van der Waals surface area (Å²) in [5, 5.41) is 4.49. The molecule has 0 fully saturated rings. The molecule has 2 aromatic heterocycles. The Labute approximate surface area is 215 Å². The third-order valence-electron chi connectivity index (χ3n) is 7.06. The number of nitrogens with one attached hydrogen (secondary N) is 1. The SMILES string of the molecule is CCOC(=O)c1c(NC(=O)c2c(C)c(-c3ccccc3)nc3ccccc23)sc2c1CC[C@H](CC)C2. The molecule has 36 heavy (non-hydrogen) atoms. The van der Waals surface area contributed by atoms with Crippen molar-refractivity contribution in [3.05, 3.63) is 81.7 Å². The second kappa shape index (κ2) is 10.2. The summed E-state index contributed by atoms with van der Waals surface area (Å²) >= 11 is 1.52. The number of hydrogen-bond acceptors (Lipinski definition) is 5. The molecular formula is C30H30N2O3S. The van der Waals surface area contributed by atoms with Crippen LogP contribution in [0.25, 0.3) is 22.2 Å². The Bertz CT molecular complexity index is 1440. The minimum Gasteiger partial charge on any atom is -0.462 e. The Hall–Kier alpha value is -3.51. The van der Waals surface area contributed by atoms with Gasteiger partial charge < -0.3 is 10.1 Å². The van der Waals surface area contributed by atoms with Crippen molar-refractivity contribution in [3.8, 4) is 11.3 Å². The van der Waals surface area contributed by atoms with Crippen molar-refractivity contribution in [1.29, 1.82) is 0 Å². The van der Waals surface area contributed by atoms with E-state index in [9.17, 15) is 9.59 Å². The standard InChI is InChI=1S/C30H30N2O3S/c1-4-19-15-16-22-24(17-19)36-29(26(22)30(34)35-5-2)32-28(33)25-18(3)27(20-11-7-6-8-12-20)31-23-14-10-9-13-21(23)25/h6-14,19H,4-5,15-17H2,1-3H3,(H,32,33)/t19-/m0/s1. The number of esters is 1. The number of para-hydroxylation sites is 1. The number of carbonyl (C=O) groups excluding carboxylic acids is 2. The van der Waals surface area contributed by atoms with Gasteiger partial charge in [0.15, 0.2) is 0 Å². The van der Waals surface area contributed by atoms with E-state index in [2.05, 4.69) is 12.2 Å². The van der Waals surface area contributed by atoms with Gasteiger partial charge >= 0.3 is 5.97 Å². The molecule has 1 aliphatic carbocycles. The molecule has 5 rings (SSSR count). The van der Waals surface area contributed by atoms with Crippen LogP contribution in [0.1, 0.15) is 63.4 Å². The van der Waals surface area contributed by atoms with Gasteiger partial charge in [0.2, 0.25) is 0 Å². The van der Waals surface area contributed by atoms with E-state index in [1.165, 1.54) is 16.2 Å². The van der Waals surface area contributed by atoms with E-state index in [0.29, 0.717) is 28.7 Å². The molecule has 1 N–H and O–H groups in total. The monoisotopic (exact) mass is 498 g/mol. The summed E-state index contributed by atoms with van der Waals surface area (Å²) in [6.45, 7) is 6.25. The first kappa shape index (κ1) is 24.2. The van der Waals surface area contributed by atoms with Crippen molar-refractivity contribution in [3.63, 3.8) is 0 Å². The van der Waals surface area contributed by atoms with E-state index in [4.69, 9.17) is 9.72 Å². The summed E-state index contributed by atoms with van der Waals surface area (Å²) in [7, 11) is 0. The van der Waals surface area contributed by atoms with Crippen LogP contribution in [-0.2, 0) is 17.6 Å². The van der Waals surface area contributed by atoms with Crippen LogP contribution in [-0.4, -0.2) is 23.5 Å². The average Bonchev–Trinajstić information content (AvgIpc) is 3.25. The van der Waals surface area contributed by atoms with E-state index in [1.807, 2.05) is 61.5 Å². The van der Waals surface area contributed by atoms with E-state index >= 15 is 0 Å². The highest BCUT2D eigenvalue weighted by atomic mass is 32.1. The molecule has 0 spiro atoms. The fraction of sp³-hybridized carbons (Fsp3) is 0.300. The molecule has 4 aromatic rings. The average molecular weight is 499 g/mol. The van der Waals surface area contributed by atoms with Gasteiger partial charge in [-0.3, -0.25) is 4.79 Å². The third-order valence-corrected chi connectivity index (χ3v) is 8.23. The van der Waals surface area contributed by atoms with Gasteiger partial charge in [-0.1, -0.05) is 61.9 Å². The number of amides is 1. The van der Waals surface area contributed by atoms with Crippen LogP contribution in [0.3, 0.4) is 0 Å². The fourth-order valence-electron chi connectivity index (χ4n) is 5.15. The molecule has 0 saturated heterocycles. The predicted octanol–water partition coefficient (Wildman–Crippen LogP) is 7.22. The number of benzene rings is 2. The summed E-state index contributed by atoms with van der Waals surface area (Å²) in [6.07, 6.45) is 3.94. The highest BCUT2D eigenvalue weighted by molar-refractivity contribution is 7.17. The van der Waals surface area contributed by atoms with Crippen LogP contribution in [0.2, 0.25) is 0 Å². The summed E-state index contributed by atoms with van der Waals surface area (Å²) < 4.78 is 5.41. The molecule has 5 nitrogen and oxygen atoms in total. The van der Waals surface area contributed by atoms with Crippen LogP contribution < -0.4 is 5.32 Å². The van der Waals surface area contributed by atoms with Crippen LogP contribution in [0.5, 0.6) is 0 Å². The minimum absolute atomic E-state index is 0.237. The number of nitrogens with zero attached hydrogens (tertiary/aromatic N) is 1. The van der Waals surface area contributed by atoms with Gasteiger partial charge in [-0.2, -0.15) is 0 Å². The van der Waals surface area contributed by atoms with Gasteiger partial charge in [0, 0.05) is 15.8 Å². The zero-order valence-electron chi connectivity index (χ0n) is 20.9. The van der Waals surface area contributed by atoms with Gasteiger partial charge in [0.05, 0.1) is 28.9 Å². The Morgan fingerprint density at radius 2 is 1.81 bits per heavy atom. The van der Waals surface area contributed by atoms with Gasteiger partial charge in [0.25, 0.3) is 5.91 Å². The van der Waals surface area contributed by atoms with Crippen LogP contribution in [0.4, 0.5) is 5.00 Å². The largest absolute Gasteiger partial charge is 0.462 e. The summed E-state index contributed by atoms with van der Waals surface area (Å²) in [5.41, 5.74) is 5.45. The van der Waals surface area contributed by atoms with Crippen LogP contribution in [0.15, 0.2) is 54.6 Å². The van der Waals surface area contributed by atoms with E-state index in [-0.39, 0.29) is 11.9 Å². The molecule has 184 valence electrons. The first-order valence-electron chi connectivity index (χ1n) is 12.6. The molecule has 6 heteroatoms. The first-order chi connectivity index (χ1) is 17.5. The number of fused-ring (bicyclic) bond motifs is 2. The molecule has 2 heterocycles. The lowest BCUT2D eigenvalue weighted by Gasteiger charge is -2.21. The smallest absolute Gasteiger partial charge is 0.341 e. The highest BCUT2D eigenvalue weighted by Gasteiger charge is 2.30. The molecule has 1 atom stereocenters. The van der Waals surface area contributed by atoms with Crippen molar-refractivity contribution in [2.75, 3.05) is 11.9 Å². The van der Waals surface area contributed by atoms with Crippen molar-refractivity contribution >= 4 is 39.1 Å². The van der Waals surface area contributed by atoms with Crippen molar-refractivity contribution in [2.45, 2.75) is 46.5 Å². The molecule has 0 bridgehead atoms. The molecule has 1 amide bonds. The van der Waals surface area contributed by atoms with E-state index in [1.54, 1.807) is 6.92 Å². The number of carbonyl (C=O) groups is 2. The number of hydrogen-bond donors (Lipinski definition) is 1. The summed E-state index contributed by atoms with van der Waals surface area (Å²) in [5.74, 6) is 0.00978. The zero-order chi connectivity index (χ0) is 25.2. The molecular weight excluding hydrogens is 468 g/mol. The second-order valence-electron chi connectivity index (χ2n) is 9.24. The number of aromatic nitrogens is 1. The second-order valence-corrected chi connectivity index (χ2v) is 10.3. The lowest BCUT2D eigenvalue weighted by Crippen LogP contribution is -2.18. The van der Waals surface area contributed by atoms with E-state index in [0.717, 1.165) is 59.0 Å². The number of thiophene rings is 1. The lowest BCUT2D eigenvalue weighted by atomic mass is 9.85. The molecule has 0 aliphatic heterocycles. The van der Waals surface area contributed by atoms with Crippen molar-refractivity contribution in [1.82, 2.24) is 4.98 Å². The zero-order valence-corrected chi connectivity index (χ0v) is 21.7. The van der Waals surface area contributed by atoms with Crippen molar-refractivity contribution < 1.29 is 14.3 Å². The maximum atomic E-state index is 13.9. The summed E-state index contributed by atoms with van der Waals surface area (Å²) in [4.78, 5) is 33.0. The van der Waals surface area contributed by atoms with Crippen molar-refractivity contribution in [2.24, 2.45) is 5.92 Å². The van der Waals surface area contributed by atoms with Gasteiger partial charge in [-0.05, 0) is 56.2 Å². The fourth-order valence-corrected chi connectivity index (χ4v) is 6.50. The minimum atomic E-state index is -0.360. The topological polar surface area (TPSA) is 68.3 Å². The maximum Gasteiger partial charge on any atom is 0.341 e. The highest BCUT2D eigenvalue weighted by Crippen LogP contribution is 2.41. The normalized spacial score (nSPS) is 14.9. The summed E-state index contributed by atoms with van der Waals surface area (Å²) in [6, 6.07) is 17.6. The third kappa shape index (κ3) is 4.42. The quantitative estimate of drug-likeness (QED) is 0.285. The van der Waals surface area contributed by atoms with Gasteiger partial charge in [-0.25, -0.2) is 9.78 Å². The molecule has 2 aromatic carbocycles. The Morgan fingerprint density at radius 1 is 1.06 bits per heavy atom. The van der Waals surface area contributed by atoms with Crippen LogP contribution in [0, 0.1) is 12.8 Å². The van der Waals surface area contributed by atoms with E-state index < -0.39 is 0 Å². The molecule has 0 unspecified atom stereocenters. The molecule has 1 aliphatic rings. The number of pyridine rings is 1. The molecule has 0 saturated carbocycles. The Morgan fingerprint density at radius 3 is 2.56 bits per heavy atom. The predicted molar refractivity (Wildman–Crippen MR) is 146 cm³/mol. The number of ether oxygens (including phenoxy) is 1. The number of anilines is 1. The van der Waals surface area contributed by atoms with Gasteiger partial charge in [0.1, 0.15) is 5.00 Å². The maximum absolute atomic E-state index is 13.9.